The summed E-state index contributed by atoms with van der Waals surface area (Å²) in [6.45, 7) is 0.736. The highest BCUT2D eigenvalue weighted by molar-refractivity contribution is 5.79. The van der Waals surface area contributed by atoms with Crippen LogP contribution in [0.4, 0.5) is 0 Å². The second-order valence-electron chi connectivity index (χ2n) is 8.74. The molecule has 28 heavy (non-hydrogen) atoms. The molecule has 3 aliphatic rings. The van der Waals surface area contributed by atoms with E-state index in [1.165, 1.54) is 37.7 Å². The molecule has 1 heterocycles. The molecule has 0 spiro atoms. The number of nitrogens with one attached hydrogen (secondary N) is 2. The number of aliphatic hydroxyl groups is 1. The Bertz CT molecular complexity index is 723. The summed E-state index contributed by atoms with van der Waals surface area (Å²) < 4.78 is 0. The topological polar surface area (TPSA) is 61.4 Å². The summed E-state index contributed by atoms with van der Waals surface area (Å²) >= 11 is 0. The van der Waals surface area contributed by atoms with E-state index in [2.05, 4.69) is 46.7 Å². The maximum Gasteiger partial charge on any atom is 0.223 e. The van der Waals surface area contributed by atoms with Crippen LogP contribution in [0.3, 0.4) is 0 Å². The van der Waals surface area contributed by atoms with Gasteiger partial charge in [0.15, 0.2) is 0 Å². The van der Waals surface area contributed by atoms with Crippen LogP contribution in [0, 0.1) is 23.7 Å². The fourth-order valence-corrected chi connectivity index (χ4v) is 4.79. The first-order chi connectivity index (χ1) is 13.7. The lowest BCUT2D eigenvalue weighted by atomic mass is 9.77. The van der Waals surface area contributed by atoms with Gasteiger partial charge in [-0.3, -0.25) is 4.79 Å². The number of hydrogen-bond acceptors (Lipinski definition) is 3. The molecule has 4 rings (SSSR count). The third-order valence-electron chi connectivity index (χ3n) is 6.86. The Balaban J connectivity index is 1.32. The Morgan fingerprint density at radius 2 is 1.82 bits per heavy atom. The molecule has 4 nitrogen and oxygen atoms in total. The third-order valence-corrected chi connectivity index (χ3v) is 6.86. The lowest BCUT2D eigenvalue weighted by Crippen LogP contribution is -2.65. The van der Waals surface area contributed by atoms with Gasteiger partial charge in [-0.05, 0) is 49.3 Å². The second kappa shape index (κ2) is 9.11. The van der Waals surface area contributed by atoms with Gasteiger partial charge in [0.25, 0.3) is 0 Å². The van der Waals surface area contributed by atoms with Crippen LogP contribution in [-0.4, -0.2) is 36.2 Å². The fourth-order valence-electron chi connectivity index (χ4n) is 4.79. The zero-order valence-corrected chi connectivity index (χ0v) is 16.6. The number of rotatable bonds is 6. The van der Waals surface area contributed by atoms with Gasteiger partial charge in [-0.15, -0.1) is 0 Å². The Hall–Kier alpha value is -1.83. The zero-order chi connectivity index (χ0) is 19.3. The van der Waals surface area contributed by atoms with E-state index in [9.17, 15) is 9.90 Å². The van der Waals surface area contributed by atoms with E-state index in [-0.39, 0.29) is 36.4 Å². The molecule has 3 fully saturated rings. The van der Waals surface area contributed by atoms with Gasteiger partial charge >= 0.3 is 0 Å². The number of hydrogen-bond donors (Lipinski definition) is 3. The summed E-state index contributed by atoms with van der Waals surface area (Å²) in [5.41, 5.74) is 2.27. The molecule has 150 valence electrons. The van der Waals surface area contributed by atoms with E-state index in [0.29, 0.717) is 6.54 Å². The maximum absolute atomic E-state index is 12.1. The van der Waals surface area contributed by atoms with Crippen molar-refractivity contribution in [3.8, 4) is 11.8 Å². The van der Waals surface area contributed by atoms with Crippen LogP contribution in [0.15, 0.2) is 24.3 Å². The second-order valence-corrected chi connectivity index (χ2v) is 8.74. The SMILES string of the molecule is O=C(NC[C@@H]1N[C@H](CO)[C@@H]1c1ccc(C#CCC2CCCC2)cc1)C1CCC1. The standard InChI is InChI=1S/C24H32N2O2/c27-16-22-23(21(26-22)15-25-24(28)20-9-4-10-20)19-13-11-18(12-14-19)8-3-7-17-5-1-2-6-17/h11-14,17,20-23,26-27H,1-2,4-7,9-10,15-16H2,(H,25,28)/t21-,22+,23+/m0/s1. The Kier molecular flexibility index (Phi) is 6.34. The van der Waals surface area contributed by atoms with Crippen molar-refractivity contribution in [3.05, 3.63) is 35.4 Å². The summed E-state index contributed by atoms with van der Waals surface area (Å²) in [6.07, 6.45) is 9.64. The monoisotopic (exact) mass is 380 g/mol. The van der Waals surface area contributed by atoms with Gasteiger partial charge in [0.2, 0.25) is 5.91 Å². The number of benzene rings is 1. The molecule has 1 aromatic carbocycles. The average molecular weight is 381 g/mol. The summed E-state index contributed by atoms with van der Waals surface area (Å²) in [7, 11) is 0. The average Bonchev–Trinajstić information content (AvgIpc) is 3.14. The van der Waals surface area contributed by atoms with Gasteiger partial charge < -0.3 is 15.7 Å². The van der Waals surface area contributed by atoms with Crippen molar-refractivity contribution in [2.45, 2.75) is 69.4 Å². The molecule has 3 N–H and O–H groups in total. The largest absolute Gasteiger partial charge is 0.395 e. The Morgan fingerprint density at radius 3 is 2.46 bits per heavy atom. The highest BCUT2D eigenvalue weighted by atomic mass is 16.3. The summed E-state index contributed by atoms with van der Waals surface area (Å²) in [5, 5.41) is 16.1. The van der Waals surface area contributed by atoms with Crippen molar-refractivity contribution >= 4 is 5.91 Å². The summed E-state index contributed by atoms with van der Waals surface area (Å²) in [5.74, 6) is 8.09. The van der Waals surface area contributed by atoms with Crippen molar-refractivity contribution in [2.75, 3.05) is 13.2 Å². The van der Waals surface area contributed by atoms with Crippen LogP contribution in [0.5, 0.6) is 0 Å². The molecule has 1 saturated heterocycles. The molecule has 0 unspecified atom stereocenters. The molecule has 1 aliphatic heterocycles. The molecule has 1 amide bonds. The first-order valence-electron chi connectivity index (χ1n) is 11.0. The molecular formula is C24H32N2O2. The minimum Gasteiger partial charge on any atom is -0.395 e. The first-order valence-corrected chi connectivity index (χ1v) is 11.0. The van der Waals surface area contributed by atoms with Gasteiger partial charge in [-0.25, -0.2) is 0 Å². The van der Waals surface area contributed by atoms with Crippen molar-refractivity contribution in [1.29, 1.82) is 0 Å². The minimum atomic E-state index is 0.0601. The van der Waals surface area contributed by atoms with E-state index in [1.807, 2.05) is 0 Å². The first kappa shape index (κ1) is 19.5. The van der Waals surface area contributed by atoms with Crippen molar-refractivity contribution in [2.24, 2.45) is 11.8 Å². The summed E-state index contributed by atoms with van der Waals surface area (Å²) in [4.78, 5) is 12.1. The molecule has 0 radical (unpaired) electrons. The smallest absolute Gasteiger partial charge is 0.223 e. The number of carbonyl (C=O) groups excluding carboxylic acids is 1. The molecule has 3 atom stereocenters. The minimum absolute atomic E-state index is 0.0601. The van der Waals surface area contributed by atoms with E-state index < -0.39 is 0 Å². The predicted octanol–water partition coefficient (Wildman–Crippen LogP) is 2.95. The van der Waals surface area contributed by atoms with Crippen molar-refractivity contribution in [3.63, 3.8) is 0 Å². The molecule has 2 aliphatic carbocycles. The molecule has 0 bridgehead atoms. The molecule has 2 saturated carbocycles. The lowest BCUT2D eigenvalue weighted by molar-refractivity contribution is -0.127. The van der Waals surface area contributed by atoms with Gasteiger partial charge in [0.1, 0.15) is 0 Å². The van der Waals surface area contributed by atoms with Crippen LogP contribution in [0.25, 0.3) is 0 Å². The number of aliphatic hydroxyl groups excluding tert-OH is 1. The lowest BCUT2D eigenvalue weighted by Gasteiger charge is -2.46. The molecule has 4 heteroatoms. The van der Waals surface area contributed by atoms with Crippen molar-refractivity contribution in [1.82, 2.24) is 10.6 Å². The van der Waals surface area contributed by atoms with E-state index in [4.69, 9.17) is 0 Å². The van der Waals surface area contributed by atoms with Gasteiger partial charge in [0, 0.05) is 42.4 Å². The van der Waals surface area contributed by atoms with E-state index in [1.54, 1.807) is 0 Å². The van der Waals surface area contributed by atoms with Crippen LogP contribution in [0.1, 0.15) is 68.4 Å². The predicted molar refractivity (Wildman–Crippen MR) is 111 cm³/mol. The highest BCUT2D eigenvalue weighted by Gasteiger charge is 2.41. The Labute approximate surface area is 168 Å². The van der Waals surface area contributed by atoms with Crippen LogP contribution >= 0.6 is 0 Å². The van der Waals surface area contributed by atoms with Gasteiger partial charge in [-0.2, -0.15) is 0 Å². The molecular weight excluding hydrogens is 348 g/mol. The van der Waals surface area contributed by atoms with Crippen LogP contribution < -0.4 is 10.6 Å². The zero-order valence-electron chi connectivity index (χ0n) is 16.6. The van der Waals surface area contributed by atoms with Crippen molar-refractivity contribution < 1.29 is 9.90 Å². The van der Waals surface area contributed by atoms with Crippen LogP contribution in [0.2, 0.25) is 0 Å². The number of amides is 1. The van der Waals surface area contributed by atoms with E-state index in [0.717, 1.165) is 30.7 Å². The molecule has 0 aromatic heterocycles. The third kappa shape index (κ3) is 4.42. The molecule has 1 aromatic rings. The fraction of sp³-hybridized carbons (Fsp3) is 0.625. The van der Waals surface area contributed by atoms with E-state index >= 15 is 0 Å². The Morgan fingerprint density at radius 1 is 1.07 bits per heavy atom. The number of carbonyl (C=O) groups is 1. The van der Waals surface area contributed by atoms with Gasteiger partial charge in [0.05, 0.1) is 6.61 Å². The normalized spacial score (nSPS) is 27.4. The quantitative estimate of drug-likeness (QED) is 0.665. The summed E-state index contributed by atoms with van der Waals surface area (Å²) in [6, 6.07) is 8.69. The highest BCUT2D eigenvalue weighted by Crippen LogP contribution is 2.32. The van der Waals surface area contributed by atoms with Crippen LogP contribution in [-0.2, 0) is 4.79 Å². The van der Waals surface area contributed by atoms with Gasteiger partial charge in [-0.1, -0.05) is 43.2 Å². The maximum atomic E-state index is 12.1.